The summed E-state index contributed by atoms with van der Waals surface area (Å²) in [6.45, 7) is 2.72. The lowest BCUT2D eigenvalue weighted by atomic mass is 9.96. The molecule has 8 heteroatoms. The van der Waals surface area contributed by atoms with Crippen LogP contribution in [0.4, 0.5) is 0 Å². The zero-order valence-corrected chi connectivity index (χ0v) is 15.2. The van der Waals surface area contributed by atoms with Crippen molar-refractivity contribution in [3.05, 3.63) is 53.6 Å². The molecular formula is C18H19NO6S. The summed E-state index contributed by atoms with van der Waals surface area (Å²) in [6.07, 6.45) is 0. The molecule has 2 aromatic rings. The Morgan fingerprint density at radius 1 is 1.19 bits per heavy atom. The SMILES string of the molecule is CC(=O)c1cccc(S(=O)(=O)NCC(C)(O)c2ccc3c(c2)OCO3)c1. The third kappa shape index (κ3) is 3.72. The fourth-order valence-electron chi connectivity index (χ4n) is 2.53. The van der Waals surface area contributed by atoms with Gasteiger partial charge in [0.25, 0.3) is 0 Å². The number of ketones is 1. The van der Waals surface area contributed by atoms with Gasteiger partial charge in [0, 0.05) is 12.1 Å². The Morgan fingerprint density at radius 2 is 1.92 bits per heavy atom. The highest BCUT2D eigenvalue weighted by atomic mass is 32.2. The average Bonchev–Trinajstić information content (AvgIpc) is 3.08. The summed E-state index contributed by atoms with van der Waals surface area (Å²) in [5.41, 5.74) is -0.677. The molecule has 0 bridgehead atoms. The first kappa shape index (κ1) is 18.4. The van der Waals surface area contributed by atoms with Crippen molar-refractivity contribution in [2.24, 2.45) is 0 Å². The van der Waals surface area contributed by atoms with Gasteiger partial charge in [-0.15, -0.1) is 0 Å². The zero-order chi connectivity index (χ0) is 18.9. The molecule has 1 aliphatic rings. The maximum Gasteiger partial charge on any atom is 0.240 e. The normalized spacial score (nSPS) is 15.5. The largest absolute Gasteiger partial charge is 0.454 e. The van der Waals surface area contributed by atoms with Crippen molar-refractivity contribution in [1.82, 2.24) is 4.72 Å². The van der Waals surface area contributed by atoms with E-state index < -0.39 is 15.6 Å². The van der Waals surface area contributed by atoms with E-state index in [2.05, 4.69) is 4.72 Å². The molecule has 0 fully saturated rings. The van der Waals surface area contributed by atoms with Crippen LogP contribution in [0.2, 0.25) is 0 Å². The third-order valence-electron chi connectivity index (χ3n) is 4.15. The van der Waals surface area contributed by atoms with Gasteiger partial charge >= 0.3 is 0 Å². The van der Waals surface area contributed by atoms with E-state index in [9.17, 15) is 18.3 Å². The third-order valence-corrected chi connectivity index (χ3v) is 5.55. The van der Waals surface area contributed by atoms with Crippen LogP contribution in [0.15, 0.2) is 47.4 Å². The summed E-state index contributed by atoms with van der Waals surface area (Å²) >= 11 is 0. The van der Waals surface area contributed by atoms with Crippen LogP contribution in [0.25, 0.3) is 0 Å². The van der Waals surface area contributed by atoms with Crippen LogP contribution in [0.1, 0.15) is 29.8 Å². The fourth-order valence-corrected chi connectivity index (χ4v) is 3.71. The van der Waals surface area contributed by atoms with E-state index in [1.165, 1.54) is 32.0 Å². The van der Waals surface area contributed by atoms with Gasteiger partial charge in [-0.2, -0.15) is 0 Å². The first-order chi connectivity index (χ1) is 12.2. The van der Waals surface area contributed by atoms with E-state index in [1.807, 2.05) is 0 Å². The summed E-state index contributed by atoms with van der Waals surface area (Å²) in [6, 6.07) is 10.7. The summed E-state index contributed by atoms with van der Waals surface area (Å²) in [4.78, 5) is 11.4. The fraction of sp³-hybridized carbons (Fsp3) is 0.278. The first-order valence-corrected chi connectivity index (χ1v) is 9.40. The van der Waals surface area contributed by atoms with E-state index in [0.717, 1.165) is 0 Å². The van der Waals surface area contributed by atoms with E-state index in [4.69, 9.17) is 9.47 Å². The van der Waals surface area contributed by atoms with Crippen molar-refractivity contribution >= 4 is 15.8 Å². The summed E-state index contributed by atoms with van der Waals surface area (Å²) in [7, 11) is -3.89. The van der Waals surface area contributed by atoms with Crippen LogP contribution in [0, 0.1) is 0 Å². The standard InChI is InChI=1S/C18H19NO6S/c1-12(20)13-4-3-5-15(8-13)26(22,23)19-10-18(2,21)14-6-7-16-17(9-14)25-11-24-16/h3-9,19,21H,10-11H2,1-2H3. The number of hydrogen-bond acceptors (Lipinski definition) is 6. The molecule has 2 aromatic carbocycles. The number of hydrogen-bond donors (Lipinski definition) is 2. The average molecular weight is 377 g/mol. The molecule has 0 saturated carbocycles. The minimum absolute atomic E-state index is 0.0355. The number of carbonyl (C=O) groups excluding carboxylic acids is 1. The van der Waals surface area contributed by atoms with Crippen molar-refractivity contribution in [3.8, 4) is 11.5 Å². The Morgan fingerprint density at radius 3 is 2.65 bits per heavy atom. The van der Waals surface area contributed by atoms with Gasteiger partial charge in [-0.3, -0.25) is 4.79 Å². The number of benzene rings is 2. The van der Waals surface area contributed by atoms with Crippen LogP contribution in [0.5, 0.6) is 11.5 Å². The zero-order valence-electron chi connectivity index (χ0n) is 14.4. The minimum atomic E-state index is -3.89. The maximum atomic E-state index is 12.5. The molecule has 0 amide bonds. The van der Waals surface area contributed by atoms with Gasteiger partial charge in [-0.1, -0.05) is 18.2 Å². The highest BCUT2D eigenvalue weighted by molar-refractivity contribution is 7.89. The smallest absolute Gasteiger partial charge is 0.240 e. The van der Waals surface area contributed by atoms with E-state index in [0.29, 0.717) is 22.6 Å². The van der Waals surface area contributed by atoms with Gasteiger partial charge in [0.15, 0.2) is 17.3 Å². The summed E-state index contributed by atoms with van der Waals surface area (Å²) in [5.74, 6) is 0.848. The van der Waals surface area contributed by atoms with Gasteiger partial charge in [0.1, 0.15) is 5.60 Å². The predicted octanol–water partition coefficient (Wildman–Crippen LogP) is 1.80. The van der Waals surface area contributed by atoms with Crippen molar-refractivity contribution in [3.63, 3.8) is 0 Å². The second-order valence-electron chi connectivity index (χ2n) is 6.25. The second kappa shape index (κ2) is 6.71. The monoisotopic (exact) mass is 377 g/mol. The Labute approximate surface area is 151 Å². The van der Waals surface area contributed by atoms with E-state index in [-0.39, 0.29) is 24.0 Å². The lowest BCUT2D eigenvalue weighted by Gasteiger charge is -2.24. The number of rotatable bonds is 6. The maximum absolute atomic E-state index is 12.5. The quantitative estimate of drug-likeness (QED) is 0.745. The summed E-state index contributed by atoms with van der Waals surface area (Å²) in [5, 5.41) is 10.7. The molecule has 0 saturated heterocycles. The highest BCUT2D eigenvalue weighted by Gasteiger charge is 2.28. The van der Waals surface area contributed by atoms with Crippen molar-refractivity contribution in [2.45, 2.75) is 24.3 Å². The van der Waals surface area contributed by atoms with E-state index >= 15 is 0 Å². The van der Waals surface area contributed by atoms with Gasteiger partial charge in [0.2, 0.25) is 16.8 Å². The van der Waals surface area contributed by atoms with Crippen LogP contribution in [-0.2, 0) is 15.6 Å². The molecule has 2 N–H and O–H groups in total. The predicted molar refractivity (Wildman–Crippen MR) is 93.8 cm³/mol. The molecule has 1 heterocycles. The van der Waals surface area contributed by atoms with Crippen LogP contribution in [-0.4, -0.2) is 32.6 Å². The first-order valence-electron chi connectivity index (χ1n) is 7.92. The molecule has 3 rings (SSSR count). The number of Topliss-reactive ketones (excluding diaryl/α,β-unsaturated/α-hetero) is 1. The molecule has 26 heavy (non-hydrogen) atoms. The van der Waals surface area contributed by atoms with Crippen molar-refractivity contribution < 1.29 is 27.8 Å². The number of nitrogens with one attached hydrogen (secondary N) is 1. The lowest BCUT2D eigenvalue weighted by Crippen LogP contribution is -2.38. The van der Waals surface area contributed by atoms with Gasteiger partial charge in [-0.25, -0.2) is 13.1 Å². The Hall–Kier alpha value is -2.42. The molecule has 1 aliphatic heterocycles. The topological polar surface area (TPSA) is 102 Å². The minimum Gasteiger partial charge on any atom is -0.454 e. The molecule has 0 aliphatic carbocycles. The van der Waals surface area contributed by atoms with Crippen molar-refractivity contribution in [2.75, 3.05) is 13.3 Å². The number of carbonyl (C=O) groups is 1. The summed E-state index contributed by atoms with van der Waals surface area (Å²) < 4.78 is 37.9. The van der Waals surface area contributed by atoms with Crippen LogP contribution in [0.3, 0.4) is 0 Å². The molecule has 0 radical (unpaired) electrons. The van der Waals surface area contributed by atoms with Crippen molar-refractivity contribution in [1.29, 1.82) is 0 Å². The Bertz CT molecular complexity index is 952. The molecule has 0 spiro atoms. The van der Waals surface area contributed by atoms with Crippen LogP contribution < -0.4 is 14.2 Å². The molecule has 138 valence electrons. The van der Waals surface area contributed by atoms with Gasteiger partial charge in [-0.05, 0) is 43.7 Å². The molecule has 0 aromatic heterocycles. The molecular weight excluding hydrogens is 358 g/mol. The number of sulfonamides is 1. The molecule has 1 atom stereocenters. The molecule has 7 nitrogen and oxygen atoms in total. The number of fused-ring (bicyclic) bond motifs is 1. The highest BCUT2D eigenvalue weighted by Crippen LogP contribution is 2.35. The molecule has 1 unspecified atom stereocenters. The van der Waals surface area contributed by atoms with Gasteiger partial charge in [0.05, 0.1) is 4.90 Å². The van der Waals surface area contributed by atoms with E-state index in [1.54, 1.807) is 24.3 Å². The second-order valence-corrected chi connectivity index (χ2v) is 8.02. The van der Waals surface area contributed by atoms with Crippen LogP contribution >= 0.6 is 0 Å². The number of ether oxygens (including phenoxy) is 2. The van der Waals surface area contributed by atoms with Gasteiger partial charge < -0.3 is 14.6 Å². The lowest BCUT2D eigenvalue weighted by molar-refractivity contribution is 0.0625. The Balaban J connectivity index is 1.78. The number of aliphatic hydroxyl groups is 1. The Kier molecular flexibility index (Phi) is 4.74.